The number of hydrogen-bond acceptors (Lipinski definition) is 5. The summed E-state index contributed by atoms with van der Waals surface area (Å²) >= 11 is 5.65. The molecule has 0 saturated carbocycles. The molecule has 2 N–H and O–H groups in total. The average Bonchev–Trinajstić information content (AvgIpc) is 3.30. The predicted octanol–water partition coefficient (Wildman–Crippen LogP) is 3.53. The number of hydrogen-bond donors (Lipinski definition) is 2. The van der Waals surface area contributed by atoms with Crippen molar-refractivity contribution in [2.24, 2.45) is 0 Å². The number of furan rings is 1. The highest BCUT2D eigenvalue weighted by Gasteiger charge is 2.42. The van der Waals surface area contributed by atoms with Gasteiger partial charge < -0.3 is 14.6 Å². The molecular weight excluding hydrogens is 408 g/mol. The monoisotopic (exact) mass is 428 g/mol. The van der Waals surface area contributed by atoms with Gasteiger partial charge in [-0.15, -0.1) is 0 Å². The van der Waals surface area contributed by atoms with E-state index in [1.807, 2.05) is 54.3 Å². The SMILES string of the molecule is Cc1cc(N2C(=S)N[C@@H](c3ccccn3)[C@H]2c2ccco2)ccc1NS(C)(=O)=O. The van der Waals surface area contributed by atoms with Crippen LogP contribution in [0.1, 0.15) is 29.1 Å². The van der Waals surface area contributed by atoms with Crippen LogP contribution in [0.5, 0.6) is 0 Å². The summed E-state index contributed by atoms with van der Waals surface area (Å²) in [6.07, 6.45) is 4.51. The van der Waals surface area contributed by atoms with E-state index >= 15 is 0 Å². The maximum atomic E-state index is 11.6. The number of benzene rings is 1. The highest BCUT2D eigenvalue weighted by atomic mass is 32.2. The summed E-state index contributed by atoms with van der Waals surface area (Å²) in [5.74, 6) is 0.754. The maximum absolute atomic E-state index is 11.6. The first kappa shape index (κ1) is 19.4. The zero-order chi connectivity index (χ0) is 20.6. The number of sulfonamides is 1. The van der Waals surface area contributed by atoms with Crippen LogP contribution in [0.25, 0.3) is 0 Å². The number of thiocarbonyl (C=S) groups is 1. The smallest absolute Gasteiger partial charge is 0.229 e. The van der Waals surface area contributed by atoms with Crippen molar-refractivity contribution in [3.63, 3.8) is 0 Å². The van der Waals surface area contributed by atoms with Crippen LogP contribution in [-0.2, 0) is 10.0 Å². The minimum atomic E-state index is -3.36. The van der Waals surface area contributed by atoms with Gasteiger partial charge in [0.2, 0.25) is 10.0 Å². The van der Waals surface area contributed by atoms with E-state index in [1.165, 1.54) is 0 Å². The number of pyridine rings is 1. The van der Waals surface area contributed by atoms with Crippen molar-refractivity contribution in [3.8, 4) is 0 Å². The molecule has 4 rings (SSSR count). The van der Waals surface area contributed by atoms with Crippen LogP contribution in [-0.4, -0.2) is 24.8 Å². The third kappa shape index (κ3) is 3.96. The fourth-order valence-electron chi connectivity index (χ4n) is 3.49. The van der Waals surface area contributed by atoms with Crippen LogP contribution in [0, 0.1) is 6.92 Å². The summed E-state index contributed by atoms with van der Waals surface area (Å²) in [7, 11) is -3.36. The van der Waals surface area contributed by atoms with Crippen molar-refractivity contribution >= 4 is 38.7 Å². The van der Waals surface area contributed by atoms with Crippen LogP contribution >= 0.6 is 12.2 Å². The van der Waals surface area contributed by atoms with Crippen molar-refractivity contribution in [3.05, 3.63) is 78.0 Å². The summed E-state index contributed by atoms with van der Waals surface area (Å²) in [6.45, 7) is 1.85. The minimum Gasteiger partial charge on any atom is -0.467 e. The molecule has 0 bridgehead atoms. The molecule has 7 nitrogen and oxygen atoms in total. The lowest BCUT2D eigenvalue weighted by Gasteiger charge is -2.26. The van der Waals surface area contributed by atoms with Gasteiger partial charge in [-0.3, -0.25) is 9.71 Å². The minimum absolute atomic E-state index is 0.191. The lowest BCUT2D eigenvalue weighted by molar-refractivity contribution is 0.432. The van der Waals surface area contributed by atoms with Gasteiger partial charge in [0.1, 0.15) is 11.8 Å². The molecule has 1 fully saturated rings. The van der Waals surface area contributed by atoms with Crippen molar-refractivity contribution in [2.75, 3.05) is 15.9 Å². The standard InChI is InChI=1S/C20H20N4O3S2/c1-13-12-14(8-9-15(13)23-29(2,25)26)24-19(17-7-5-11-27-17)18(22-20(24)28)16-6-3-4-10-21-16/h3-12,18-19,23H,1-2H3,(H,22,28)/t18-,19+/m0/s1. The normalized spacial score (nSPS) is 19.2. The molecule has 0 spiro atoms. The molecular formula is C20H20N4O3S2. The third-order valence-electron chi connectivity index (χ3n) is 4.72. The molecule has 1 aromatic carbocycles. The van der Waals surface area contributed by atoms with E-state index in [4.69, 9.17) is 16.6 Å². The van der Waals surface area contributed by atoms with Gasteiger partial charge in [0.05, 0.1) is 29.9 Å². The highest BCUT2D eigenvalue weighted by Crippen LogP contribution is 2.42. The van der Waals surface area contributed by atoms with Crippen molar-refractivity contribution in [1.82, 2.24) is 10.3 Å². The third-order valence-corrected chi connectivity index (χ3v) is 5.62. The van der Waals surface area contributed by atoms with Crippen molar-refractivity contribution < 1.29 is 12.8 Å². The van der Waals surface area contributed by atoms with Gasteiger partial charge in [-0.2, -0.15) is 0 Å². The van der Waals surface area contributed by atoms with E-state index in [0.717, 1.165) is 29.0 Å². The number of nitrogens with one attached hydrogen (secondary N) is 2. The Morgan fingerprint density at radius 1 is 1.21 bits per heavy atom. The summed E-state index contributed by atoms with van der Waals surface area (Å²) in [5.41, 5.74) is 3.00. The van der Waals surface area contributed by atoms with Gasteiger partial charge in [-0.05, 0) is 67.2 Å². The summed E-state index contributed by atoms with van der Waals surface area (Å²) in [5, 5.41) is 3.90. The van der Waals surface area contributed by atoms with Gasteiger partial charge in [0, 0.05) is 11.9 Å². The van der Waals surface area contributed by atoms with Crippen LogP contribution in [0.15, 0.2) is 65.4 Å². The Morgan fingerprint density at radius 3 is 2.66 bits per heavy atom. The Bertz CT molecular complexity index is 1130. The molecule has 3 heterocycles. The molecule has 1 aliphatic rings. The Balaban J connectivity index is 1.76. The molecule has 9 heteroatoms. The molecule has 0 unspecified atom stereocenters. The van der Waals surface area contributed by atoms with Crippen LogP contribution < -0.4 is 14.9 Å². The Kier molecular flexibility index (Phi) is 5.01. The summed E-state index contributed by atoms with van der Waals surface area (Å²) in [4.78, 5) is 6.47. The topological polar surface area (TPSA) is 87.5 Å². The van der Waals surface area contributed by atoms with Gasteiger partial charge >= 0.3 is 0 Å². The van der Waals surface area contributed by atoms with Crippen LogP contribution in [0.2, 0.25) is 0 Å². The zero-order valence-corrected chi connectivity index (χ0v) is 17.5. The lowest BCUT2D eigenvalue weighted by Crippen LogP contribution is -2.29. The molecule has 0 radical (unpaired) electrons. The number of nitrogens with zero attached hydrogens (tertiary/aromatic N) is 2. The molecule has 0 aliphatic carbocycles. The molecule has 29 heavy (non-hydrogen) atoms. The molecule has 3 aromatic rings. The quantitative estimate of drug-likeness (QED) is 0.601. The second kappa shape index (κ2) is 7.49. The number of anilines is 2. The number of rotatable bonds is 5. The van der Waals surface area contributed by atoms with E-state index in [9.17, 15) is 8.42 Å². The van der Waals surface area contributed by atoms with E-state index in [1.54, 1.807) is 18.5 Å². The average molecular weight is 429 g/mol. The summed E-state index contributed by atoms with van der Waals surface area (Å²) < 4.78 is 31.4. The van der Waals surface area contributed by atoms with Gasteiger partial charge in [0.25, 0.3) is 0 Å². The first-order valence-electron chi connectivity index (χ1n) is 8.96. The van der Waals surface area contributed by atoms with Crippen molar-refractivity contribution in [2.45, 2.75) is 19.0 Å². The number of aryl methyl sites for hydroxylation is 1. The first-order valence-corrected chi connectivity index (χ1v) is 11.3. The van der Waals surface area contributed by atoms with Crippen LogP contribution in [0.3, 0.4) is 0 Å². The highest BCUT2D eigenvalue weighted by molar-refractivity contribution is 7.92. The molecule has 1 aliphatic heterocycles. The molecule has 1 saturated heterocycles. The van der Waals surface area contributed by atoms with Gasteiger partial charge in [0.15, 0.2) is 5.11 Å². The lowest BCUT2D eigenvalue weighted by atomic mass is 10.0. The van der Waals surface area contributed by atoms with Gasteiger partial charge in [-0.1, -0.05) is 6.07 Å². The predicted molar refractivity (Wildman–Crippen MR) is 116 cm³/mol. The number of aromatic nitrogens is 1. The fraction of sp³-hybridized carbons (Fsp3) is 0.200. The second-order valence-corrected chi connectivity index (χ2v) is 9.02. The Labute approximate surface area is 174 Å². The maximum Gasteiger partial charge on any atom is 0.229 e. The molecule has 0 amide bonds. The van der Waals surface area contributed by atoms with E-state index in [2.05, 4.69) is 15.0 Å². The largest absolute Gasteiger partial charge is 0.467 e. The van der Waals surface area contributed by atoms with E-state index in [0.29, 0.717) is 10.8 Å². The second-order valence-electron chi connectivity index (χ2n) is 6.89. The Morgan fingerprint density at radius 2 is 2.03 bits per heavy atom. The van der Waals surface area contributed by atoms with E-state index in [-0.39, 0.29) is 12.1 Å². The molecule has 2 atom stereocenters. The van der Waals surface area contributed by atoms with Gasteiger partial charge in [-0.25, -0.2) is 8.42 Å². The first-order chi connectivity index (χ1) is 13.8. The Hall–Kier alpha value is -2.91. The van der Waals surface area contributed by atoms with E-state index < -0.39 is 10.0 Å². The fourth-order valence-corrected chi connectivity index (χ4v) is 4.47. The summed E-state index contributed by atoms with van der Waals surface area (Å²) in [6, 6.07) is 14.6. The van der Waals surface area contributed by atoms with Crippen LogP contribution in [0.4, 0.5) is 11.4 Å². The molecule has 150 valence electrons. The van der Waals surface area contributed by atoms with Crippen molar-refractivity contribution in [1.29, 1.82) is 0 Å². The zero-order valence-electron chi connectivity index (χ0n) is 15.9. The molecule has 2 aromatic heterocycles.